The number of anilines is 6. The van der Waals surface area contributed by atoms with Crippen LogP contribution in [0.3, 0.4) is 0 Å². The number of nitrogens with one attached hydrogen (secondary N) is 9. The summed E-state index contributed by atoms with van der Waals surface area (Å²) >= 11 is 27.7. The predicted molar refractivity (Wildman–Crippen MR) is 435 cm³/mol. The number of ketones is 6. The number of Topliss-reactive ketones (excluding diaryl/α,β-unsaturated/α-hetero) is 6. The summed E-state index contributed by atoms with van der Waals surface area (Å²) in [6.07, 6.45) is 12.6. The largest absolute Gasteiger partial charge is 0.507 e. The first-order valence-corrected chi connectivity index (χ1v) is 36.8. The summed E-state index contributed by atoms with van der Waals surface area (Å²) in [5, 5.41) is 77.2. The van der Waals surface area contributed by atoms with E-state index in [0.717, 1.165) is 13.4 Å². The maximum absolute atomic E-state index is 12.1. The minimum Gasteiger partial charge on any atom is -0.507 e. The molecule has 582 valence electrons. The van der Waals surface area contributed by atoms with Gasteiger partial charge in [0.05, 0.1) is 85.0 Å². The normalized spacial score (nSPS) is 10.2. The predicted octanol–water partition coefficient (Wildman–Crippen LogP) is 10.4. The second kappa shape index (κ2) is 44.6. The summed E-state index contributed by atoms with van der Waals surface area (Å²) in [6.45, 7) is 4.39. The van der Waals surface area contributed by atoms with Crippen molar-refractivity contribution in [3.8, 4) is 23.0 Å². The van der Waals surface area contributed by atoms with Gasteiger partial charge in [0, 0.05) is 58.5 Å². The quantitative estimate of drug-likeness (QED) is 0.0250. The number of phenolic OH excluding ortho intramolecular Hbond substituents is 4. The van der Waals surface area contributed by atoms with Crippen LogP contribution in [0.1, 0.15) is 79.5 Å². The van der Waals surface area contributed by atoms with E-state index in [1.807, 2.05) is 0 Å². The molecule has 0 amide bonds. The number of H-pyrrole nitrogens is 3. The Kier molecular flexibility index (Phi) is 34.8. The molecule has 0 atom stereocenters. The van der Waals surface area contributed by atoms with E-state index < -0.39 is 11.3 Å². The van der Waals surface area contributed by atoms with Crippen LogP contribution in [0, 0.1) is 20.8 Å². The Morgan fingerprint density at radius 3 is 0.912 bits per heavy atom. The molecule has 8 heterocycles. The third-order valence-corrected chi connectivity index (χ3v) is 16.6. The van der Waals surface area contributed by atoms with E-state index in [0.29, 0.717) is 38.2 Å². The maximum atomic E-state index is 12.1. The van der Waals surface area contributed by atoms with Gasteiger partial charge < -0.3 is 52.3 Å². The smallest absolute Gasteiger partial charge is 0.273 e. The molecule has 0 unspecified atom stereocenters. The number of hydrogen-bond donors (Lipinski definition) is 13. The second-order valence-corrected chi connectivity index (χ2v) is 27.5. The minimum absolute atomic E-state index is 0.00923. The standard InChI is InChI=1S/C12H8Br2ClN3O2.C12H10BrClN4O3.C12H10BrN3O2.C12H12N4O3.C11H9BrN4O.C11H11N5O2/c13-6-1-8(11(20)9(15)2-6)10(19)5-18-12-16-3-7(14)4-17-12;1-5-11(21)16-12(18-17-5)15-4-9(19)7-2-6(13)3-8(14)10(7)20;13-8-5-14-12(15-6-8)16-7-11(18)9-3-1-2-4-10(9)17;1-7-11(19)14-12(16-15-7)13-6-10(18)8-4-2-3-5-9(8)17;12-8-5-14-11(15-6-8)16-7-10(17)9-3-1-2-4-13-9;1-7-10(18)14-11(16-15-7)13-6-9(17)8-4-2-3-5-12-8/h1-4,20H,5H2,(H,16,17,18);2-3,20H,4H2,1H3,(H2,15,16,18,21);1-6,17H,7H2,(H,14,15,16);2-5,17H,6H2,1H3,(H2,13,14,16,19);1-6H,7H2,(H,14,15,16);2-5H,6H2,1H3,(H2,13,14,16,18). The molecule has 0 fully saturated rings. The van der Waals surface area contributed by atoms with Crippen LogP contribution >= 0.6 is 103 Å². The van der Waals surface area contributed by atoms with Crippen LogP contribution < -0.4 is 48.6 Å². The fraction of sp³-hybridized carbons (Fsp3) is 0.129. The fourth-order valence-corrected chi connectivity index (χ4v) is 10.4. The van der Waals surface area contributed by atoms with Crippen LogP contribution in [0.4, 0.5) is 35.7 Å². The molecule has 13 N–H and O–H groups in total. The van der Waals surface area contributed by atoms with Gasteiger partial charge in [-0.15, -0.1) is 30.6 Å². The number of aromatic nitrogens is 17. The zero-order valence-corrected chi connectivity index (χ0v) is 68.1. The van der Waals surface area contributed by atoms with Gasteiger partial charge in [-0.1, -0.05) is 91.5 Å². The summed E-state index contributed by atoms with van der Waals surface area (Å²) < 4.78 is 3.48. The molecule has 12 rings (SSSR count). The van der Waals surface area contributed by atoms with Crippen molar-refractivity contribution in [1.29, 1.82) is 0 Å². The number of halogens is 7. The van der Waals surface area contributed by atoms with Gasteiger partial charge in [-0.3, -0.25) is 68.1 Å². The Hall–Kier alpha value is -12.2. The lowest BCUT2D eigenvalue weighted by molar-refractivity contribution is 0.0993. The zero-order valence-electron chi connectivity index (χ0n) is 58.6. The summed E-state index contributed by atoms with van der Waals surface area (Å²) in [4.78, 5) is 144. The van der Waals surface area contributed by atoms with Gasteiger partial charge in [0.2, 0.25) is 35.7 Å². The number of aromatic hydroxyl groups is 4. The summed E-state index contributed by atoms with van der Waals surface area (Å²) in [7, 11) is 0. The number of rotatable bonds is 24. The number of nitrogens with zero attached hydrogens (tertiary/aromatic N) is 14. The molecule has 0 spiro atoms. The van der Waals surface area contributed by atoms with E-state index in [1.54, 1.807) is 123 Å². The Balaban J connectivity index is 0.000000188. The summed E-state index contributed by atoms with van der Waals surface area (Å²) in [5.74, 6) is -0.782. The monoisotopic (exact) mass is 1900 g/mol. The number of hydrogen-bond acceptors (Lipinski definition) is 33. The van der Waals surface area contributed by atoms with Crippen LogP contribution in [0.25, 0.3) is 0 Å². The third kappa shape index (κ3) is 29.2. The number of carbonyl (C=O) groups is 6. The Morgan fingerprint density at radius 1 is 0.345 bits per heavy atom. The van der Waals surface area contributed by atoms with Crippen molar-refractivity contribution in [3.05, 3.63) is 273 Å². The van der Waals surface area contributed by atoms with Gasteiger partial charge in [-0.25, -0.2) is 29.9 Å². The lowest BCUT2D eigenvalue weighted by Gasteiger charge is -2.07. The van der Waals surface area contributed by atoms with E-state index in [-0.39, 0.29) is 170 Å². The molecule has 0 bridgehead atoms. The number of phenols is 4. The van der Waals surface area contributed by atoms with Crippen molar-refractivity contribution in [2.24, 2.45) is 0 Å². The maximum Gasteiger partial charge on any atom is 0.273 e. The Morgan fingerprint density at radius 2 is 0.619 bits per heavy atom. The van der Waals surface area contributed by atoms with Crippen LogP contribution in [0.5, 0.6) is 23.0 Å². The average Bonchev–Trinajstić information content (AvgIpc) is 0.833. The molecule has 113 heavy (non-hydrogen) atoms. The summed E-state index contributed by atoms with van der Waals surface area (Å²) in [5.41, 5.74) is 1.11. The molecule has 0 saturated heterocycles. The number of pyridine rings is 2. The second-order valence-electron chi connectivity index (χ2n) is 22.1. The first-order valence-electron chi connectivity index (χ1n) is 32.1. The van der Waals surface area contributed by atoms with E-state index in [1.165, 1.54) is 56.3 Å². The van der Waals surface area contributed by atoms with E-state index in [2.05, 4.69) is 197 Å². The van der Waals surface area contributed by atoms with Crippen molar-refractivity contribution in [3.63, 3.8) is 0 Å². The van der Waals surface area contributed by atoms with Gasteiger partial charge in [0.15, 0.2) is 34.7 Å². The van der Waals surface area contributed by atoms with Crippen molar-refractivity contribution in [2.75, 3.05) is 71.2 Å². The van der Waals surface area contributed by atoms with E-state index in [9.17, 15) is 63.6 Å². The van der Waals surface area contributed by atoms with Gasteiger partial charge in [-0.05, 0) is 141 Å². The molecule has 0 radical (unpaired) electrons. The Labute approximate surface area is 690 Å². The van der Waals surface area contributed by atoms with Crippen molar-refractivity contribution in [2.45, 2.75) is 20.8 Å². The molecule has 0 aliphatic rings. The average molecular weight is 1900 g/mol. The molecule has 0 aliphatic heterocycles. The van der Waals surface area contributed by atoms with Gasteiger partial charge in [0.25, 0.3) is 16.7 Å². The molecule has 12 aromatic rings. The lowest BCUT2D eigenvalue weighted by atomic mass is 10.1. The van der Waals surface area contributed by atoms with Crippen LogP contribution in [0.2, 0.25) is 10.0 Å². The number of aryl methyl sites for hydroxylation is 3. The first-order chi connectivity index (χ1) is 54.0. The number of para-hydroxylation sites is 2. The molecule has 4 aromatic carbocycles. The highest BCUT2D eigenvalue weighted by Crippen LogP contribution is 2.33. The molecule has 0 saturated carbocycles. The Bertz CT molecular complexity index is 5490. The molecular weight excluding hydrogens is 1840 g/mol. The van der Waals surface area contributed by atoms with Crippen LogP contribution in [-0.4, -0.2) is 180 Å². The van der Waals surface area contributed by atoms with Gasteiger partial charge in [0.1, 0.15) is 51.5 Å². The highest BCUT2D eigenvalue weighted by atomic mass is 79.9. The number of carbonyl (C=O) groups excluding carboxylic acids is 6. The highest BCUT2D eigenvalue weighted by molar-refractivity contribution is 9.11. The molecule has 8 aromatic heterocycles. The molecule has 0 aliphatic carbocycles. The number of aromatic amines is 3. The zero-order chi connectivity index (χ0) is 82.1. The first kappa shape index (κ1) is 88.1. The minimum atomic E-state index is -0.418. The molecule has 36 nitrogen and oxygen atoms in total. The van der Waals surface area contributed by atoms with Gasteiger partial charge >= 0.3 is 0 Å². The SMILES string of the molecule is Cc1nnc(NCC(=O)c2cc(Br)cc(Cl)c2O)[nH]c1=O.Cc1nnc(NCC(=O)c2ccccc2O)[nH]c1=O.Cc1nnc(NCC(=O)c2ccccn2)[nH]c1=O.O=C(CNc1ncc(Br)cn1)c1cc(Br)cc(Cl)c1O.O=C(CNc1ncc(Br)cn1)c1ccccc1O.O=C(CNc1ncc(Br)cn1)c1ccccn1. The molecular formula is C70H60Br5Cl2N23O13. The van der Waals surface area contributed by atoms with Crippen molar-refractivity contribution < 1.29 is 49.2 Å². The van der Waals surface area contributed by atoms with E-state index in [4.69, 9.17) is 23.2 Å². The lowest BCUT2D eigenvalue weighted by Crippen LogP contribution is -2.21. The van der Waals surface area contributed by atoms with E-state index >= 15 is 0 Å². The number of benzene rings is 4. The van der Waals surface area contributed by atoms with Gasteiger partial charge in [-0.2, -0.15) is 0 Å². The molecule has 43 heteroatoms. The third-order valence-electron chi connectivity index (χ3n) is 13.9. The summed E-state index contributed by atoms with van der Waals surface area (Å²) in [6, 6.07) is 28.9. The highest BCUT2D eigenvalue weighted by Gasteiger charge is 2.19. The fourth-order valence-electron chi connectivity index (χ4n) is 8.19. The van der Waals surface area contributed by atoms with Crippen LogP contribution in [0.15, 0.2) is 196 Å². The topological polar surface area (TPSA) is 535 Å². The van der Waals surface area contributed by atoms with Crippen LogP contribution in [-0.2, 0) is 0 Å². The van der Waals surface area contributed by atoms with Crippen molar-refractivity contribution >= 4 is 173 Å². The van der Waals surface area contributed by atoms with Crippen molar-refractivity contribution in [1.82, 2.24) is 85.4 Å².